The summed E-state index contributed by atoms with van der Waals surface area (Å²) in [6.45, 7) is 17.8. The van der Waals surface area contributed by atoms with Gasteiger partial charge in [-0.25, -0.2) is 9.97 Å². The van der Waals surface area contributed by atoms with E-state index in [1.807, 2.05) is 107 Å². The van der Waals surface area contributed by atoms with Crippen molar-refractivity contribution >= 4 is 60.2 Å². The summed E-state index contributed by atoms with van der Waals surface area (Å²) in [7, 11) is 0. The van der Waals surface area contributed by atoms with Gasteiger partial charge < -0.3 is 0 Å². The molecule has 0 aliphatic rings. The van der Waals surface area contributed by atoms with Gasteiger partial charge in [-0.05, 0) is 67.3 Å². The largest absolute Gasteiger partial charge is 0.252 e. The van der Waals surface area contributed by atoms with Crippen LogP contribution in [0.3, 0.4) is 0 Å². The quantitative estimate of drug-likeness (QED) is 0.0747. The standard InChI is InChI=1S/C34H24ClN3S.C7H8.C3H6.C2H6/c1-22(20-29(25-14-7-4-8-15-25)36-23(2)24-12-5-3-6-13-24)26-16-11-17-27(21-26)32-31-28-18-9-10-19-30(28)39-33(31)38-34(35)37-32;1-7-5-3-2-4-6-7;1-3-2;1-2/h3-21H,1H2,2H3;2-6H,1H3;3H,1H2,2H3;1-2H3/b29-20-,36-23?;;;. The SMILES string of the molecule is C=C(/C=C(\N=C(C)c1ccccc1)c1ccccc1)c1cccc(-c2nc(Cl)nc3sc4ccccc4c23)c1.C=CC.CC.Cc1ccccc1. The lowest BCUT2D eigenvalue weighted by Gasteiger charge is -2.10. The number of aliphatic imine (C=N–C) groups is 1. The van der Waals surface area contributed by atoms with Crippen molar-refractivity contribution in [2.75, 3.05) is 0 Å². The Morgan fingerprint density at radius 2 is 1.27 bits per heavy atom. The van der Waals surface area contributed by atoms with Crippen LogP contribution in [-0.2, 0) is 0 Å². The molecule has 0 aliphatic heterocycles. The molecule has 0 N–H and O–H groups in total. The number of hydrogen-bond acceptors (Lipinski definition) is 4. The molecule has 256 valence electrons. The van der Waals surface area contributed by atoms with Gasteiger partial charge in [-0.1, -0.05) is 159 Å². The van der Waals surface area contributed by atoms with Crippen LogP contribution in [0.15, 0.2) is 170 Å². The number of halogens is 1. The summed E-state index contributed by atoms with van der Waals surface area (Å²) in [6.07, 6.45) is 3.80. The van der Waals surface area contributed by atoms with Gasteiger partial charge in [0.25, 0.3) is 0 Å². The second-order valence-corrected chi connectivity index (χ2v) is 12.6. The minimum atomic E-state index is 0.241. The van der Waals surface area contributed by atoms with Crippen molar-refractivity contribution in [2.24, 2.45) is 4.99 Å². The number of rotatable bonds is 6. The van der Waals surface area contributed by atoms with Crippen LogP contribution >= 0.6 is 22.9 Å². The number of thiophene rings is 1. The highest BCUT2D eigenvalue weighted by Gasteiger charge is 2.16. The summed E-state index contributed by atoms with van der Waals surface area (Å²) in [6, 6.07) is 47.2. The highest BCUT2D eigenvalue weighted by atomic mass is 35.5. The summed E-state index contributed by atoms with van der Waals surface area (Å²) < 4.78 is 1.16. The van der Waals surface area contributed by atoms with E-state index < -0.39 is 0 Å². The summed E-state index contributed by atoms with van der Waals surface area (Å²) in [5.74, 6) is 0. The number of fused-ring (bicyclic) bond motifs is 3. The summed E-state index contributed by atoms with van der Waals surface area (Å²) >= 11 is 8.01. The molecule has 0 saturated heterocycles. The van der Waals surface area contributed by atoms with E-state index in [4.69, 9.17) is 16.6 Å². The molecule has 5 aromatic carbocycles. The van der Waals surface area contributed by atoms with E-state index in [9.17, 15) is 0 Å². The number of hydrogen-bond donors (Lipinski definition) is 0. The third-order valence-electron chi connectivity index (χ3n) is 7.52. The van der Waals surface area contributed by atoms with E-state index in [1.165, 1.54) is 5.56 Å². The van der Waals surface area contributed by atoms with E-state index in [-0.39, 0.29) is 5.28 Å². The molecule has 2 aromatic heterocycles. The molecule has 0 aliphatic carbocycles. The van der Waals surface area contributed by atoms with E-state index in [1.54, 1.807) is 17.4 Å². The second kappa shape index (κ2) is 19.7. The van der Waals surface area contributed by atoms with Crippen LogP contribution in [0.5, 0.6) is 0 Å². The van der Waals surface area contributed by atoms with Crippen LogP contribution in [0.25, 0.3) is 42.8 Å². The van der Waals surface area contributed by atoms with Gasteiger partial charge in [0.2, 0.25) is 5.28 Å². The topological polar surface area (TPSA) is 38.1 Å². The lowest BCUT2D eigenvalue weighted by molar-refractivity contribution is 1.24. The van der Waals surface area contributed by atoms with Gasteiger partial charge in [-0.2, -0.15) is 0 Å². The highest BCUT2D eigenvalue weighted by molar-refractivity contribution is 7.25. The lowest BCUT2D eigenvalue weighted by Crippen LogP contribution is -1.95. The molecule has 0 spiro atoms. The Morgan fingerprint density at radius 3 is 1.88 bits per heavy atom. The Hall–Kier alpha value is -5.42. The minimum Gasteiger partial charge on any atom is -0.252 e. The van der Waals surface area contributed by atoms with E-state index in [0.29, 0.717) is 0 Å². The average molecular weight is 706 g/mol. The van der Waals surface area contributed by atoms with Gasteiger partial charge in [-0.15, -0.1) is 17.9 Å². The minimum absolute atomic E-state index is 0.241. The third kappa shape index (κ3) is 10.5. The molecule has 2 heterocycles. The van der Waals surface area contributed by atoms with Crippen molar-refractivity contribution in [3.05, 3.63) is 192 Å². The van der Waals surface area contributed by atoms with Crippen LogP contribution in [0.4, 0.5) is 0 Å². The van der Waals surface area contributed by atoms with Gasteiger partial charge in [0.1, 0.15) is 4.83 Å². The smallest absolute Gasteiger partial charge is 0.224 e. The van der Waals surface area contributed by atoms with Crippen LogP contribution in [0, 0.1) is 6.92 Å². The van der Waals surface area contributed by atoms with E-state index >= 15 is 0 Å². The zero-order chi connectivity index (χ0) is 36.6. The van der Waals surface area contributed by atoms with Crippen molar-refractivity contribution in [2.45, 2.75) is 34.6 Å². The van der Waals surface area contributed by atoms with E-state index in [2.05, 4.69) is 96.8 Å². The van der Waals surface area contributed by atoms with Gasteiger partial charge in [0.05, 0.1) is 11.4 Å². The summed E-state index contributed by atoms with van der Waals surface area (Å²) in [4.78, 5) is 15.1. The Kier molecular flexibility index (Phi) is 14.8. The molecule has 0 fully saturated rings. The van der Waals surface area contributed by atoms with Crippen LogP contribution in [0.1, 0.15) is 49.9 Å². The molecular formula is C46H44ClN3S. The molecule has 0 amide bonds. The number of benzene rings is 5. The normalized spacial score (nSPS) is 10.9. The highest BCUT2D eigenvalue weighted by Crippen LogP contribution is 2.39. The number of allylic oxidation sites excluding steroid dienone is 3. The average Bonchev–Trinajstić information content (AvgIpc) is 3.55. The fourth-order valence-corrected chi connectivity index (χ4v) is 6.46. The Labute approximate surface area is 312 Å². The molecule has 0 saturated carbocycles. The zero-order valence-electron chi connectivity index (χ0n) is 30.0. The first kappa shape index (κ1) is 38.4. The van der Waals surface area contributed by atoms with Crippen molar-refractivity contribution in [1.82, 2.24) is 9.97 Å². The van der Waals surface area contributed by atoms with Crippen molar-refractivity contribution in [3.8, 4) is 11.3 Å². The molecule has 0 radical (unpaired) electrons. The number of aryl methyl sites for hydroxylation is 1. The molecule has 5 heteroatoms. The Balaban J connectivity index is 0.000000420. The number of aromatic nitrogens is 2. The first-order valence-corrected chi connectivity index (χ1v) is 18.2. The molecule has 0 atom stereocenters. The van der Waals surface area contributed by atoms with Crippen LogP contribution < -0.4 is 0 Å². The van der Waals surface area contributed by atoms with Crippen molar-refractivity contribution in [3.63, 3.8) is 0 Å². The molecule has 51 heavy (non-hydrogen) atoms. The Bertz CT molecular complexity index is 2240. The van der Waals surface area contributed by atoms with Gasteiger partial charge in [0.15, 0.2) is 0 Å². The van der Waals surface area contributed by atoms with Crippen LogP contribution in [0.2, 0.25) is 5.28 Å². The molecule has 7 aromatic rings. The molecular weight excluding hydrogens is 662 g/mol. The third-order valence-corrected chi connectivity index (χ3v) is 8.75. The number of nitrogens with zero attached hydrogens (tertiary/aromatic N) is 3. The fourth-order valence-electron chi connectivity index (χ4n) is 5.17. The maximum Gasteiger partial charge on any atom is 0.224 e. The maximum atomic E-state index is 6.38. The predicted octanol–water partition coefficient (Wildman–Crippen LogP) is 13.9. The van der Waals surface area contributed by atoms with Crippen molar-refractivity contribution in [1.29, 1.82) is 0 Å². The lowest BCUT2D eigenvalue weighted by atomic mass is 9.99. The predicted molar refractivity (Wildman–Crippen MR) is 226 cm³/mol. The molecule has 7 rings (SSSR count). The first-order valence-electron chi connectivity index (χ1n) is 17.0. The van der Waals surface area contributed by atoms with Gasteiger partial charge in [0, 0.05) is 32.3 Å². The van der Waals surface area contributed by atoms with E-state index in [0.717, 1.165) is 65.2 Å². The molecule has 0 unspecified atom stereocenters. The first-order chi connectivity index (χ1) is 24.9. The monoisotopic (exact) mass is 705 g/mol. The van der Waals surface area contributed by atoms with Crippen LogP contribution in [-0.4, -0.2) is 15.7 Å². The van der Waals surface area contributed by atoms with Crippen molar-refractivity contribution < 1.29 is 0 Å². The summed E-state index contributed by atoms with van der Waals surface area (Å²) in [5.41, 5.74) is 8.84. The molecule has 3 nitrogen and oxygen atoms in total. The summed E-state index contributed by atoms with van der Waals surface area (Å²) in [5, 5.41) is 2.39. The van der Waals surface area contributed by atoms with Gasteiger partial charge in [-0.3, -0.25) is 4.99 Å². The second-order valence-electron chi connectivity index (χ2n) is 11.2. The molecule has 0 bridgehead atoms. The zero-order valence-corrected chi connectivity index (χ0v) is 31.5. The fraction of sp³-hybridized carbons (Fsp3) is 0.109. The maximum absolute atomic E-state index is 6.38. The van der Waals surface area contributed by atoms with Gasteiger partial charge >= 0.3 is 0 Å². The Morgan fingerprint density at radius 1 is 0.725 bits per heavy atom.